The molecule has 3 saturated heterocycles. The molecule has 2 aromatic rings. The van der Waals surface area contributed by atoms with E-state index in [2.05, 4.69) is 21.3 Å². The average molecular weight is 868 g/mol. The maximum Gasteiger partial charge on any atom is 0.319 e. The molecule has 1 saturated carbocycles. The first-order valence-electron chi connectivity index (χ1n) is 20.9. The van der Waals surface area contributed by atoms with Gasteiger partial charge in [0.05, 0.1) is 20.3 Å². The highest BCUT2D eigenvalue weighted by molar-refractivity contribution is 6.09. The molecule has 4 fully saturated rings. The standard InChI is InChI=1S/C43H55F2N7O10/c1-23-20-43(21-35(43)54)52(22-23)39(57)24(2)46-38(56)31-9-6-7-13-50(31)40(58)32-10-8-14-51(32)41(59)36(25(3)53)49-37(55)30(17-26-15-27(44)18-28(45)16-26)48-42(60)47-29-11-12-33(61-4)34(19-29)62-5/h11-12,15-16,18-19,23-25,30-32,36,53H,6-10,13-14,17,20-22H2,1-5H3,(H,46,56)(H,49,55)(H2,47,48,60)/t23-,24+,25?,30+,31+,32+,36+,43-/m1/s1. The average Bonchev–Trinajstić information content (AvgIpc) is 3.50. The topological polar surface area (TPSA) is 216 Å². The lowest BCUT2D eigenvalue weighted by Crippen LogP contribution is -2.62. The number of carbonyl (C=O) groups excluding carboxylic acids is 7. The lowest BCUT2D eigenvalue weighted by Gasteiger charge is -2.39. The number of amides is 7. The molecule has 0 aromatic heterocycles. The zero-order chi connectivity index (χ0) is 45.0. The second-order valence-corrected chi connectivity index (χ2v) is 16.8. The maximum absolute atomic E-state index is 14.3. The predicted octanol–water partition coefficient (Wildman–Crippen LogP) is 2.04. The molecule has 0 bridgehead atoms. The smallest absolute Gasteiger partial charge is 0.319 e. The molecular weight excluding hydrogens is 813 g/mol. The Balaban J connectivity index is 1.14. The Kier molecular flexibility index (Phi) is 14.0. The Bertz CT molecular complexity index is 2070. The van der Waals surface area contributed by atoms with Crippen molar-refractivity contribution >= 4 is 47.0 Å². The predicted molar refractivity (Wildman–Crippen MR) is 219 cm³/mol. The number of Topliss-reactive ketones (excluding diaryl/α,β-unsaturated/α-hetero) is 1. The van der Waals surface area contributed by atoms with Crippen molar-refractivity contribution in [1.82, 2.24) is 30.7 Å². The number of aliphatic hydroxyl groups is 1. The minimum Gasteiger partial charge on any atom is -0.493 e. The van der Waals surface area contributed by atoms with Gasteiger partial charge in [-0.15, -0.1) is 0 Å². The molecule has 8 atom stereocenters. The molecule has 0 radical (unpaired) electrons. The Morgan fingerprint density at radius 2 is 1.52 bits per heavy atom. The number of anilines is 1. The summed E-state index contributed by atoms with van der Waals surface area (Å²) in [5.41, 5.74) is -0.537. The highest BCUT2D eigenvalue weighted by Gasteiger charge is 2.63. The molecule has 336 valence electrons. The zero-order valence-electron chi connectivity index (χ0n) is 35.5. The van der Waals surface area contributed by atoms with Crippen LogP contribution in [0.25, 0.3) is 0 Å². The third-order valence-corrected chi connectivity index (χ3v) is 12.1. The highest BCUT2D eigenvalue weighted by atomic mass is 19.1. The van der Waals surface area contributed by atoms with E-state index in [0.717, 1.165) is 12.1 Å². The van der Waals surface area contributed by atoms with Crippen LogP contribution in [0.1, 0.15) is 71.3 Å². The number of methoxy groups -OCH3 is 2. The number of urea groups is 1. The van der Waals surface area contributed by atoms with Crippen LogP contribution in [0, 0.1) is 17.6 Å². The van der Waals surface area contributed by atoms with Gasteiger partial charge in [0.15, 0.2) is 17.3 Å². The molecule has 17 nitrogen and oxygen atoms in total. The van der Waals surface area contributed by atoms with Crippen LogP contribution < -0.4 is 30.7 Å². The summed E-state index contributed by atoms with van der Waals surface area (Å²) in [5.74, 6) is -4.17. The number of hydrogen-bond donors (Lipinski definition) is 5. The molecular formula is C43H55F2N7O10. The second-order valence-electron chi connectivity index (χ2n) is 16.8. The van der Waals surface area contributed by atoms with Gasteiger partial charge in [-0.05, 0) is 88.1 Å². The SMILES string of the molecule is COc1ccc(NC(=O)N[C@@H](Cc2cc(F)cc(F)c2)C(=O)N[C@H](C(=O)N2CCC[C@H]2C(=O)N2CCCC[C@H]2C(=O)N[C@@H](C)C(=O)N2C[C@H](C)C[C@]23CC3=O)C(C)O)cc1OC. The van der Waals surface area contributed by atoms with Gasteiger partial charge in [0, 0.05) is 50.3 Å². The van der Waals surface area contributed by atoms with Crippen molar-refractivity contribution in [3.05, 3.63) is 53.6 Å². The van der Waals surface area contributed by atoms with Crippen LogP contribution in [0.15, 0.2) is 36.4 Å². The first-order valence-corrected chi connectivity index (χ1v) is 20.9. The lowest BCUT2D eigenvalue weighted by molar-refractivity contribution is -0.152. The third kappa shape index (κ3) is 9.92. The summed E-state index contributed by atoms with van der Waals surface area (Å²) < 4.78 is 39.0. The van der Waals surface area contributed by atoms with E-state index in [9.17, 15) is 47.4 Å². The number of likely N-dealkylation sites (tertiary alicyclic amines) is 3. The van der Waals surface area contributed by atoms with Crippen molar-refractivity contribution in [2.75, 3.05) is 39.2 Å². The Hall–Kier alpha value is -5.85. The van der Waals surface area contributed by atoms with E-state index >= 15 is 0 Å². The largest absolute Gasteiger partial charge is 0.493 e. The van der Waals surface area contributed by atoms with E-state index in [-0.39, 0.29) is 48.4 Å². The van der Waals surface area contributed by atoms with Crippen molar-refractivity contribution in [1.29, 1.82) is 0 Å². The van der Waals surface area contributed by atoms with Crippen molar-refractivity contribution < 1.29 is 56.9 Å². The van der Waals surface area contributed by atoms with E-state index in [1.54, 1.807) is 11.8 Å². The van der Waals surface area contributed by atoms with Gasteiger partial charge in [0.25, 0.3) is 0 Å². The number of halogens is 2. The summed E-state index contributed by atoms with van der Waals surface area (Å²) in [6, 6.07) is 0.148. The fourth-order valence-corrected chi connectivity index (χ4v) is 8.98. The van der Waals surface area contributed by atoms with Gasteiger partial charge in [-0.2, -0.15) is 0 Å². The van der Waals surface area contributed by atoms with E-state index in [1.807, 2.05) is 6.92 Å². The van der Waals surface area contributed by atoms with Crippen LogP contribution in [-0.4, -0.2) is 137 Å². The number of piperidine rings is 1. The molecule has 19 heteroatoms. The Morgan fingerprint density at radius 1 is 0.855 bits per heavy atom. The number of hydrogen-bond acceptors (Lipinski definition) is 10. The molecule has 2 aromatic carbocycles. The number of carbonyl (C=O) groups is 7. The molecule has 3 aliphatic heterocycles. The molecule has 4 aliphatic rings. The number of nitrogens with one attached hydrogen (secondary N) is 4. The number of benzene rings is 2. The van der Waals surface area contributed by atoms with Crippen molar-refractivity contribution in [2.24, 2.45) is 5.92 Å². The summed E-state index contributed by atoms with van der Waals surface area (Å²) in [4.78, 5) is 99.6. The van der Waals surface area contributed by atoms with Gasteiger partial charge in [-0.25, -0.2) is 13.6 Å². The van der Waals surface area contributed by atoms with Gasteiger partial charge in [0.1, 0.15) is 47.4 Å². The highest BCUT2D eigenvalue weighted by Crippen LogP contribution is 2.48. The summed E-state index contributed by atoms with van der Waals surface area (Å²) in [6.45, 7) is 5.52. The number of ether oxygens (including phenoxy) is 2. The molecule has 1 aliphatic carbocycles. The maximum atomic E-state index is 14.3. The van der Waals surface area contributed by atoms with Gasteiger partial charge < -0.3 is 50.5 Å². The Labute approximate surface area is 358 Å². The summed E-state index contributed by atoms with van der Waals surface area (Å²) in [6.07, 6.45) is 1.14. The second kappa shape index (κ2) is 19.0. The first-order chi connectivity index (χ1) is 29.5. The van der Waals surface area contributed by atoms with Crippen molar-refractivity contribution in [3.8, 4) is 11.5 Å². The minimum absolute atomic E-state index is 0.00523. The lowest BCUT2D eigenvalue weighted by atomic mass is 9.99. The molecule has 7 amide bonds. The molecule has 62 heavy (non-hydrogen) atoms. The summed E-state index contributed by atoms with van der Waals surface area (Å²) in [7, 11) is 2.84. The monoisotopic (exact) mass is 867 g/mol. The third-order valence-electron chi connectivity index (χ3n) is 12.1. The van der Waals surface area contributed by atoms with Crippen LogP contribution >= 0.6 is 0 Å². The van der Waals surface area contributed by atoms with Crippen LogP contribution in [0.2, 0.25) is 0 Å². The van der Waals surface area contributed by atoms with Gasteiger partial charge >= 0.3 is 6.03 Å². The molecule has 1 spiro atoms. The van der Waals surface area contributed by atoms with E-state index in [4.69, 9.17) is 9.47 Å². The van der Waals surface area contributed by atoms with Crippen LogP contribution in [0.3, 0.4) is 0 Å². The van der Waals surface area contributed by atoms with E-state index < -0.39 is 89.6 Å². The van der Waals surface area contributed by atoms with Crippen LogP contribution in [0.5, 0.6) is 11.5 Å². The van der Waals surface area contributed by atoms with Gasteiger partial charge in [-0.3, -0.25) is 28.8 Å². The summed E-state index contributed by atoms with van der Waals surface area (Å²) >= 11 is 0. The van der Waals surface area contributed by atoms with Crippen LogP contribution in [0.4, 0.5) is 19.3 Å². The number of rotatable bonds is 14. The number of ketones is 1. The minimum atomic E-state index is -1.62. The quantitative estimate of drug-likeness (QED) is 0.186. The van der Waals surface area contributed by atoms with Gasteiger partial charge in [-0.1, -0.05) is 6.92 Å². The zero-order valence-corrected chi connectivity index (χ0v) is 35.5. The van der Waals surface area contributed by atoms with Gasteiger partial charge in [0.2, 0.25) is 29.5 Å². The summed E-state index contributed by atoms with van der Waals surface area (Å²) in [5, 5.41) is 21.2. The number of nitrogens with zero attached hydrogens (tertiary/aromatic N) is 3. The van der Waals surface area contributed by atoms with Crippen molar-refractivity contribution in [2.45, 2.75) is 114 Å². The van der Waals surface area contributed by atoms with E-state index in [0.29, 0.717) is 62.6 Å². The molecule has 5 N–H and O–H groups in total. The Morgan fingerprint density at radius 3 is 2.16 bits per heavy atom. The number of aliphatic hydroxyl groups excluding tert-OH is 1. The fourth-order valence-electron chi connectivity index (χ4n) is 8.98. The molecule has 3 heterocycles. The molecule has 1 unspecified atom stereocenters. The molecule has 6 rings (SSSR count). The van der Waals surface area contributed by atoms with E-state index in [1.165, 1.54) is 49.1 Å². The normalized spacial score (nSPS) is 23.8. The van der Waals surface area contributed by atoms with Crippen LogP contribution in [-0.2, 0) is 35.2 Å². The fraction of sp³-hybridized carbons (Fsp3) is 0.558. The first kappa shape index (κ1) is 45.7. The van der Waals surface area contributed by atoms with Crippen molar-refractivity contribution in [3.63, 3.8) is 0 Å².